The van der Waals surface area contributed by atoms with Crippen LogP contribution in [0.2, 0.25) is 0 Å². The first-order valence-corrected chi connectivity index (χ1v) is 10.3. The number of fused-ring (bicyclic) bond motifs is 3. The third-order valence-corrected chi connectivity index (χ3v) is 5.23. The number of nitrogens with one attached hydrogen (secondary N) is 2. The minimum atomic E-state index is 0. The highest BCUT2D eigenvalue weighted by Crippen LogP contribution is 2.22. The molecule has 1 aromatic rings. The lowest BCUT2D eigenvalue weighted by Crippen LogP contribution is -2.63. The van der Waals surface area contributed by atoms with E-state index >= 15 is 0 Å². The van der Waals surface area contributed by atoms with Crippen LogP contribution in [0.5, 0.6) is 5.75 Å². The van der Waals surface area contributed by atoms with Gasteiger partial charge in [-0.05, 0) is 39.3 Å². The molecule has 28 heavy (non-hydrogen) atoms. The zero-order valence-electron chi connectivity index (χ0n) is 17.7. The van der Waals surface area contributed by atoms with Crippen LogP contribution in [-0.4, -0.2) is 73.7 Å². The maximum absolute atomic E-state index is 5.98. The number of hydrogen-bond donors (Lipinski definition) is 2. The lowest BCUT2D eigenvalue weighted by atomic mass is 10.1. The molecule has 0 aromatic heterocycles. The van der Waals surface area contributed by atoms with Crippen LogP contribution in [0, 0.1) is 6.92 Å². The van der Waals surface area contributed by atoms with Crippen LogP contribution >= 0.6 is 24.0 Å². The maximum atomic E-state index is 5.98. The fourth-order valence-electron chi connectivity index (χ4n) is 3.79. The van der Waals surface area contributed by atoms with Gasteiger partial charge in [-0.3, -0.25) is 9.80 Å². The minimum Gasteiger partial charge on any atom is -0.491 e. The van der Waals surface area contributed by atoms with E-state index in [1.807, 2.05) is 0 Å². The molecule has 6 nitrogen and oxygen atoms in total. The number of ether oxygens (including phenoxy) is 1. The van der Waals surface area contributed by atoms with E-state index in [2.05, 4.69) is 66.3 Å². The van der Waals surface area contributed by atoms with Crippen molar-refractivity contribution in [3.05, 3.63) is 29.3 Å². The standard InChI is InChI=1S/C21H35N5O.HI/c1-5-22-21(24-14-19-15-25-8-10-26(19)11-9-25)23-13-18-7-6-17(4)12-20(18)27-16(2)3;/h6-7,12,16,19H,5,8-11,13-15H2,1-4H3,(H2,22,23,24);1H. The van der Waals surface area contributed by atoms with E-state index in [9.17, 15) is 0 Å². The van der Waals surface area contributed by atoms with E-state index < -0.39 is 0 Å². The lowest BCUT2D eigenvalue weighted by Gasteiger charge is -2.47. The van der Waals surface area contributed by atoms with Crippen molar-refractivity contribution in [1.82, 2.24) is 20.4 Å². The Morgan fingerprint density at radius 3 is 2.57 bits per heavy atom. The molecule has 1 atom stereocenters. The molecule has 3 fully saturated rings. The minimum absolute atomic E-state index is 0. The number of guanidine groups is 1. The van der Waals surface area contributed by atoms with Gasteiger partial charge in [0.2, 0.25) is 0 Å². The van der Waals surface area contributed by atoms with Crippen LogP contribution in [0.15, 0.2) is 23.2 Å². The summed E-state index contributed by atoms with van der Waals surface area (Å²) < 4.78 is 5.98. The molecule has 2 bridgehead atoms. The molecule has 158 valence electrons. The summed E-state index contributed by atoms with van der Waals surface area (Å²) in [6, 6.07) is 6.93. The quantitative estimate of drug-likeness (QED) is 0.342. The summed E-state index contributed by atoms with van der Waals surface area (Å²) in [5.74, 6) is 1.82. The molecule has 3 saturated heterocycles. The summed E-state index contributed by atoms with van der Waals surface area (Å²) in [5, 5.41) is 6.92. The molecule has 2 N–H and O–H groups in total. The van der Waals surface area contributed by atoms with Crippen LogP contribution < -0.4 is 15.4 Å². The van der Waals surface area contributed by atoms with Crippen molar-refractivity contribution in [3.8, 4) is 5.75 Å². The van der Waals surface area contributed by atoms with Crippen molar-refractivity contribution in [2.75, 3.05) is 45.8 Å². The zero-order valence-corrected chi connectivity index (χ0v) is 20.0. The van der Waals surface area contributed by atoms with Crippen molar-refractivity contribution in [1.29, 1.82) is 0 Å². The summed E-state index contributed by atoms with van der Waals surface area (Å²) in [6.45, 7) is 16.7. The van der Waals surface area contributed by atoms with Crippen LogP contribution in [0.3, 0.4) is 0 Å². The number of rotatable bonds is 7. The number of piperazine rings is 3. The van der Waals surface area contributed by atoms with E-state index in [4.69, 9.17) is 9.73 Å². The second-order valence-corrected chi connectivity index (χ2v) is 7.84. The summed E-state index contributed by atoms with van der Waals surface area (Å²) in [4.78, 5) is 9.98. The third kappa shape index (κ3) is 6.49. The second kappa shape index (κ2) is 11.2. The Kier molecular flexibility index (Phi) is 9.30. The summed E-state index contributed by atoms with van der Waals surface area (Å²) in [5.41, 5.74) is 2.33. The van der Waals surface area contributed by atoms with Crippen molar-refractivity contribution in [2.24, 2.45) is 4.99 Å². The fourth-order valence-corrected chi connectivity index (χ4v) is 3.79. The highest BCUT2D eigenvalue weighted by Gasteiger charge is 2.31. The van der Waals surface area contributed by atoms with Crippen molar-refractivity contribution >= 4 is 29.9 Å². The molecule has 7 heteroatoms. The molecular formula is C21H36IN5O. The van der Waals surface area contributed by atoms with Crippen molar-refractivity contribution in [2.45, 2.75) is 46.4 Å². The smallest absolute Gasteiger partial charge is 0.191 e. The number of benzene rings is 1. The molecule has 0 aliphatic carbocycles. The van der Waals surface area contributed by atoms with Gasteiger partial charge in [-0.2, -0.15) is 0 Å². The highest BCUT2D eigenvalue weighted by molar-refractivity contribution is 14.0. The SMILES string of the molecule is CCNC(=NCc1ccc(C)cc1OC(C)C)NCC1CN2CCN1CC2.I. The highest BCUT2D eigenvalue weighted by atomic mass is 127. The van der Waals surface area contributed by atoms with Gasteiger partial charge in [-0.25, -0.2) is 4.99 Å². The Labute approximate surface area is 187 Å². The predicted octanol–water partition coefficient (Wildman–Crippen LogP) is 2.46. The molecule has 0 saturated carbocycles. The first-order chi connectivity index (χ1) is 13.0. The molecule has 1 aromatic carbocycles. The van der Waals surface area contributed by atoms with Crippen LogP contribution in [0.25, 0.3) is 0 Å². The van der Waals surface area contributed by atoms with Gasteiger partial charge in [0.1, 0.15) is 5.75 Å². The van der Waals surface area contributed by atoms with Crippen LogP contribution in [0.4, 0.5) is 0 Å². The molecule has 3 aliphatic heterocycles. The molecular weight excluding hydrogens is 465 g/mol. The van der Waals surface area contributed by atoms with Gasteiger partial charge < -0.3 is 15.4 Å². The van der Waals surface area contributed by atoms with Crippen molar-refractivity contribution < 1.29 is 4.74 Å². The van der Waals surface area contributed by atoms with Crippen LogP contribution in [0.1, 0.15) is 31.9 Å². The molecule has 4 rings (SSSR count). The fraction of sp³-hybridized carbons (Fsp3) is 0.667. The molecule has 0 spiro atoms. The Balaban J connectivity index is 0.00000280. The summed E-state index contributed by atoms with van der Waals surface area (Å²) >= 11 is 0. The monoisotopic (exact) mass is 501 g/mol. The molecule has 1 unspecified atom stereocenters. The van der Waals surface area contributed by atoms with E-state index in [1.165, 1.54) is 31.7 Å². The van der Waals surface area contributed by atoms with E-state index in [0.717, 1.165) is 36.9 Å². The Morgan fingerprint density at radius 2 is 1.96 bits per heavy atom. The van der Waals surface area contributed by atoms with Crippen LogP contribution in [-0.2, 0) is 6.54 Å². The number of aliphatic imine (C=N–C) groups is 1. The third-order valence-electron chi connectivity index (χ3n) is 5.23. The molecule has 0 radical (unpaired) electrons. The van der Waals surface area contributed by atoms with Gasteiger partial charge >= 0.3 is 0 Å². The van der Waals surface area contributed by atoms with E-state index in [0.29, 0.717) is 12.6 Å². The molecule has 3 aliphatic rings. The van der Waals surface area contributed by atoms with Gasteiger partial charge in [-0.15, -0.1) is 24.0 Å². The number of aryl methyl sites for hydroxylation is 1. The van der Waals surface area contributed by atoms with Gasteiger partial charge in [0, 0.05) is 57.4 Å². The Bertz CT molecular complexity index is 644. The van der Waals surface area contributed by atoms with Gasteiger partial charge in [0.15, 0.2) is 5.96 Å². The lowest BCUT2D eigenvalue weighted by molar-refractivity contribution is 0.0154. The largest absolute Gasteiger partial charge is 0.491 e. The number of hydrogen-bond acceptors (Lipinski definition) is 4. The maximum Gasteiger partial charge on any atom is 0.191 e. The predicted molar refractivity (Wildman–Crippen MR) is 127 cm³/mol. The zero-order chi connectivity index (χ0) is 19.2. The first kappa shape index (κ1) is 23.2. The first-order valence-electron chi connectivity index (χ1n) is 10.3. The Hall–Kier alpha value is -1.06. The summed E-state index contributed by atoms with van der Waals surface area (Å²) in [6.07, 6.45) is 0.159. The van der Waals surface area contributed by atoms with E-state index in [-0.39, 0.29) is 30.1 Å². The van der Waals surface area contributed by atoms with E-state index in [1.54, 1.807) is 0 Å². The summed E-state index contributed by atoms with van der Waals surface area (Å²) in [7, 11) is 0. The van der Waals surface area contributed by atoms with Gasteiger partial charge in [0.05, 0.1) is 12.6 Å². The second-order valence-electron chi connectivity index (χ2n) is 7.84. The number of halogens is 1. The van der Waals surface area contributed by atoms with Crippen molar-refractivity contribution in [3.63, 3.8) is 0 Å². The molecule has 3 heterocycles. The topological polar surface area (TPSA) is 52.1 Å². The van der Waals surface area contributed by atoms with Gasteiger partial charge in [0.25, 0.3) is 0 Å². The number of nitrogens with zero attached hydrogens (tertiary/aromatic N) is 3. The normalized spacial score (nSPS) is 24.0. The average molecular weight is 501 g/mol. The van der Waals surface area contributed by atoms with Gasteiger partial charge in [-0.1, -0.05) is 12.1 Å². The average Bonchev–Trinajstić information content (AvgIpc) is 2.65. The molecule has 0 amide bonds. The Morgan fingerprint density at radius 1 is 1.21 bits per heavy atom.